The Hall–Kier alpha value is -0.610. The van der Waals surface area contributed by atoms with Crippen molar-refractivity contribution in [2.75, 3.05) is 39.8 Å². The molecular weight excluding hydrogens is 238 g/mol. The van der Waals surface area contributed by atoms with Crippen molar-refractivity contribution in [3.63, 3.8) is 0 Å². The first-order chi connectivity index (χ1) is 8.81. The fourth-order valence-electron chi connectivity index (χ4n) is 2.40. The van der Waals surface area contributed by atoms with E-state index >= 15 is 0 Å². The van der Waals surface area contributed by atoms with E-state index in [-0.39, 0.29) is 11.4 Å². The first kappa shape index (κ1) is 16.4. The van der Waals surface area contributed by atoms with Gasteiger partial charge in [-0.25, -0.2) is 0 Å². The Balaban J connectivity index is 2.36. The largest absolute Gasteiger partial charge is 0.345 e. The van der Waals surface area contributed by atoms with Crippen LogP contribution in [-0.2, 0) is 4.79 Å². The molecule has 1 N–H and O–H groups in total. The van der Waals surface area contributed by atoms with Gasteiger partial charge >= 0.3 is 0 Å². The summed E-state index contributed by atoms with van der Waals surface area (Å²) in [5.74, 6) is 0.916. The summed E-state index contributed by atoms with van der Waals surface area (Å²) in [6.45, 7) is 13.2. The molecule has 1 unspecified atom stereocenters. The van der Waals surface area contributed by atoms with Gasteiger partial charge in [-0.15, -0.1) is 0 Å². The minimum atomic E-state index is 0.181. The number of amides is 1. The number of nitrogens with one attached hydrogen (secondary N) is 1. The Morgan fingerprint density at radius 2 is 2.11 bits per heavy atom. The van der Waals surface area contributed by atoms with E-state index in [2.05, 4.69) is 31.0 Å². The molecule has 1 aliphatic rings. The van der Waals surface area contributed by atoms with Gasteiger partial charge in [0.05, 0.1) is 6.54 Å². The van der Waals surface area contributed by atoms with Crippen molar-refractivity contribution in [3.05, 3.63) is 0 Å². The Kier molecular flexibility index (Phi) is 6.27. The number of likely N-dealkylation sites (tertiary alicyclic amines) is 1. The molecule has 0 radical (unpaired) electrons. The summed E-state index contributed by atoms with van der Waals surface area (Å²) in [5, 5.41) is 3.58. The highest BCUT2D eigenvalue weighted by Gasteiger charge is 2.23. The molecule has 1 atom stereocenters. The molecule has 0 aliphatic carbocycles. The van der Waals surface area contributed by atoms with Crippen LogP contribution in [0.1, 0.15) is 40.5 Å². The summed E-state index contributed by atoms with van der Waals surface area (Å²) in [4.78, 5) is 16.0. The summed E-state index contributed by atoms with van der Waals surface area (Å²) < 4.78 is 0. The average molecular weight is 269 g/mol. The molecule has 1 amide bonds. The number of carbonyl (C=O) groups is 1. The van der Waals surface area contributed by atoms with Crippen molar-refractivity contribution in [1.82, 2.24) is 15.1 Å². The standard InChI is InChI=1S/C15H31N3O/c1-6-17(5)14(19)12-18-9-7-8-13(11-18)10-16-15(2,3)4/h13,16H,6-12H2,1-5H3. The summed E-state index contributed by atoms with van der Waals surface area (Å²) in [5.41, 5.74) is 0.181. The maximum absolute atomic E-state index is 11.9. The number of nitrogens with zero attached hydrogens (tertiary/aromatic N) is 2. The van der Waals surface area contributed by atoms with Gasteiger partial charge in [0.1, 0.15) is 0 Å². The highest BCUT2D eigenvalue weighted by atomic mass is 16.2. The Morgan fingerprint density at radius 1 is 1.42 bits per heavy atom. The van der Waals surface area contributed by atoms with Crippen LogP contribution in [0.5, 0.6) is 0 Å². The average Bonchev–Trinajstić information content (AvgIpc) is 2.35. The third kappa shape index (κ3) is 6.39. The van der Waals surface area contributed by atoms with Crippen LogP contribution in [-0.4, -0.2) is 61.0 Å². The lowest BCUT2D eigenvalue weighted by Gasteiger charge is -2.34. The van der Waals surface area contributed by atoms with E-state index < -0.39 is 0 Å². The van der Waals surface area contributed by atoms with E-state index in [0.29, 0.717) is 12.5 Å². The van der Waals surface area contributed by atoms with Gasteiger partial charge in [-0.05, 0) is 59.5 Å². The van der Waals surface area contributed by atoms with E-state index in [1.165, 1.54) is 12.8 Å². The number of likely N-dealkylation sites (N-methyl/N-ethyl adjacent to an activating group) is 1. The fraction of sp³-hybridized carbons (Fsp3) is 0.933. The van der Waals surface area contributed by atoms with Crippen LogP contribution in [0.2, 0.25) is 0 Å². The van der Waals surface area contributed by atoms with Gasteiger partial charge in [0, 0.05) is 25.7 Å². The van der Waals surface area contributed by atoms with Crippen LogP contribution in [0.3, 0.4) is 0 Å². The van der Waals surface area contributed by atoms with E-state index in [1.807, 2.05) is 14.0 Å². The molecule has 0 aromatic heterocycles. The maximum atomic E-state index is 11.9. The molecule has 1 heterocycles. The monoisotopic (exact) mass is 269 g/mol. The molecule has 0 aromatic rings. The fourth-order valence-corrected chi connectivity index (χ4v) is 2.40. The van der Waals surface area contributed by atoms with Crippen LogP contribution in [0.4, 0.5) is 0 Å². The number of piperidine rings is 1. The van der Waals surface area contributed by atoms with Crippen molar-refractivity contribution >= 4 is 5.91 Å². The number of hydrogen-bond acceptors (Lipinski definition) is 3. The Morgan fingerprint density at radius 3 is 2.68 bits per heavy atom. The summed E-state index contributed by atoms with van der Waals surface area (Å²) in [6.07, 6.45) is 2.48. The zero-order valence-electron chi connectivity index (χ0n) is 13.3. The Bertz CT molecular complexity index is 286. The summed E-state index contributed by atoms with van der Waals surface area (Å²) in [7, 11) is 1.88. The second-order valence-corrected chi connectivity index (χ2v) is 6.78. The molecular formula is C15H31N3O. The van der Waals surface area contributed by atoms with Crippen molar-refractivity contribution < 1.29 is 4.79 Å². The maximum Gasteiger partial charge on any atom is 0.236 e. The minimum absolute atomic E-state index is 0.181. The van der Waals surface area contributed by atoms with Gasteiger partial charge < -0.3 is 10.2 Å². The van der Waals surface area contributed by atoms with Gasteiger partial charge in [0.25, 0.3) is 0 Å². The molecule has 0 saturated carbocycles. The summed E-state index contributed by atoms with van der Waals surface area (Å²) in [6, 6.07) is 0. The molecule has 0 aromatic carbocycles. The highest BCUT2D eigenvalue weighted by molar-refractivity contribution is 5.77. The minimum Gasteiger partial charge on any atom is -0.345 e. The molecule has 4 heteroatoms. The van der Waals surface area contributed by atoms with Gasteiger partial charge in [-0.2, -0.15) is 0 Å². The topological polar surface area (TPSA) is 35.6 Å². The van der Waals surface area contributed by atoms with Crippen molar-refractivity contribution in [2.24, 2.45) is 5.92 Å². The van der Waals surface area contributed by atoms with Crippen molar-refractivity contribution in [1.29, 1.82) is 0 Å². The van der Waals surface area contributed by atoms with Gasteiger partial charge in [-0.1, -0.05) is 0 Å². The quantitative estimate of drug-likeness (QED) is 0.823. The molecule has 1 fully saturated rings. The van der Waals surface area contributed by atoms with E-state index in [1.54, 1.807) is 4.90 Å². The number of rotatable bonds is 5. The van der Waals surface area contributed by atoms with Crippen molar-refractivity contribution in [2.45, 2.75) is 46.1 Å². The molecule has 19 heavy (non-hydrogen) atoms. The normalized spacial score (nSPS) is 21.4. The number of hydrogen-bond donors (Lipinski definition) is 1. The molecule has 1 rings (SSSR count). The van der Waals surface area contributed by atoms with E-state index in [0.717, 1.165) is 26.2 Å². The second-order valence-electron chi connectivity index (χ2n) is 6.78. The van der Waals surface area contributed by atoms with Crippen LogP contribution in [0.15, 0.2) is 0 Å². The smallest absolute Gasteiger partial charge is 0.236 e. The summed E-state index contributed by atoms with van der Waals surface area (Å²) >= 11 is 0. The lowest BCUT2D eigenvalue weighted by Crippen LogP contribution is -2.47. The third-order valence-electron chi connectivity index (χ3n) is 3.78. The second kappa shape index (κ2) is 7.25. The third-order valence-corrected chi connectivity index (χ3v) is 3.78. The molecule has 1 aliphatic heterocycles. The van der Waals surface area contributed by atoms with Crippen LogP contribution >= 0.6 is 0 Å². The zero-order valence-corrected chi connectivity index (χ0v) is 13.3. The molecule has 0 spiro atoms. The van der Waals surface area contributed by atoms with Gasteiger partial charge in [0.2, 0.25) is 5.91 Å². The Labute approximate surface area is 118 Å². The first-order valence-electron chi connectivity index (χ1n) is 7.53. The van der Waals surface area contributed by atoms with Crippen LogP contribution in [0, 0.1) is 5.92 Å². The molecule has 112 valence electrons. The van der Waals surface area contributed by atoms with Crippen LogP contribution in [0.25, 0.3) is 0 Å². The predicted octanol–water partition coefficient (Wildman–Crippen LogP) is 1.56. The molecule has 1 saturated heterocycles. The predicted molar refractivity (Wildman–Crippen MR) is 80.2 cm³/mol. The molecule has 0 bridgehead atoms. The van der Waals surface area contributed by atoms with Crippen LogP contribution < -0.4 is 5.32 Å². The first-order valence-corrected chi connectivity index (χ1v) is 7.53. The number of carbonyl (C=O) groups excluding carboxylic acids is 1. The SMILES string of the molecule is CCN(C)C(=O)CN1CCCC(CNC(C)(C)C)C1. The van der Waals surface area contributed by atoms with Gasteiger partial charge in [0.15, 0.2) is 0 Å². The molecule has 4 nitrogen and oxygen atoms in total. The lowest BCUT2D eigenvalue weighted by atomic mass is 9.96. The zero-order chi connectivity index (χ0) is 14.5. The lowest BCUT2D eigenvalue weighted by molar-refractivity contribution is -0.131. The highest BCUT2D eigenvalue weighted by Crippen LogP contribution is 2.16. The van der Waals surface area contributed by atoms with E-state index in [9.17, 15) is 4.79 Å². The van der Waals surface area contributed by atoms with Crippen molar-refractivity contribution in [3.8, 4) is 0 Å². The van der Waals surface area contributed by atoms with Gasteiger partial charge in [-0.3, -0.25) is 9.69 Å². The van der Waals surface area contributed by atoms with E-state index in [4.69, 9.17) is 0 Å².